The first-order valence-corrected chi connectivity index (χ1v) is 5.19. The van der Waals surface area contributed by atoms with Crippen molar-refractivity contribution in [1.82, 2.24) is 10.6 Å². The van der Waals surface area contributed by atoms with Gasteiger partial charge >= 0.3 is 0 Å². The number of para-hydroxylation sites is 1. The van der Waals surface area contributed by atoms with Gasteiger partial charge in [0.05, 0.1) is 17.3 Å². The Balaban J connectivity index is 2.09. The van der Waals surface area contributed by atoms with Crippen molar-refractivity contribution in [3.63, 3.8) is 0 Å². The summed E-state index contributed by atoms with van der Waals surface area (Å²) in [7, 11) is 0. The highest BCUT2D eigenvalue weighted by Crippen LogP contribution is 2.16. The van der Waals surface area contributed by atoms with E-state index in [0.717, 1.165) is 0 Å². The van der Waals surface area contributed by atoms with Gasteiger partial charge in [-0.1, -0.05) is 6.07 Å². The van der Waals surface area contributed by atoms with Crippen LogP contribution in [0.2, 0.25) is 0 Å². The van der Waals surface area contributed by atoms with Crippen LogP contribution >= 0.6 is 0 Å². The Morgan fingerprint density at radius 2 is 2.29 bits per heavy atom. The Labute approximate surface area is 97.2 Å². The Hall–Kier alpha value is -2.11. The molecule has 1 saturated heterocycles. The van der Waals surface area contributed by atoms with Crippen molar-refractivity contribution in [1.29, 1.82) is 0 Å². The average Bonchev–Trinajstić information content (AvgIpc) is 2.68. The number of rotatable bonds is 2. The minimum Gasteiger partial charge on any atom is -0.396 e. The van der Waals surface area contributed by atoms with Crippen LogP contribution in [0.25, 0.3) is 0 Å². The Morgan fingerprint density at radius 3 is 2.94 bits per heavy atom. The predicted octanol–water partition coefficient (Wildman–Crippen LogP) is 0.0262. The van der Waals surface area contributed by atoms with Gasteiger partial charge in [-0.15, -0.1) is 0 Å². The van der Waals surface area contributed by atoms with Crippen LogP contribution in [-0.4, -0.2) is 24.4 Å². The fourth-order valence-electron chi connectivity index (χ4n) is 1.71. The smallest absolute Gasteiger partial charge is 0.253 e. The van der Waals surface area contributed by atoms with Crippen molar-refractivity contribution in [2.24, 2.45) is 0 Å². The largest absolute Gasteiger partial charge is 0.396 e. The van der Waals surface area contributed by atoms with Gasteiger partial charge in [-0.3, -0.25) is 9.59 Å². The van der Waals surface area contributed by atoms with E-state index in [-0.39, 0.29) is 29.6 Å². The van der Waals surface area contributed by atoms with Gasteiger partial charge in [-0.2, -0.15) is 0 Å². The van der Waals surface area contributed by atoms with Crippen LogP contribution in [0.1, 0.15) is 16.8 Å². The molecule has 0 aromatic heterocycles. The lowest BCUT2D eigenvalue weighted by Crippen LogP contribution is -2.36. The lowest BCUT2D eigenvalue weighted by Gasteiger charge is -2.11. The molecule has 2 rings (SSSR count). The zero-order valence-corrected chi connectivity index (χ0v) is 9.00. The first-order valence-electron chi connectivity index (χ1n) is 5.19. The van der Waals surface area contributed by atoms with E-state index in [0.29, 0.717) is 6.54 Å². The molecule has 5 nitrogen and oxygen atoms in total. The van der Waals surface area contributed by atoms with E-state index >= 15 is 0 Å². The zero-order chi connectivity index (χ0) is 12.4. The number of anilines is 1. The molecule has 1 atom stereocenters. The number of nitrogens with two attached hydrogens (primary N) is 1. The second-order valence-corrected chi connectivity index (χ2v) is 3.88. The van der Waals surface area contributed by atoms with E-state index in [2.05, 4.69) is 10.6 Å². The van der Waals surface area contributed by atoms with Gasteiger partial charge in [0, 0.05) is 13.0 Å². The SMILES string of the molecule is Nc1c(F)cccc1C(=O)NC1CNC(=O)C1. The summed E-state index contributed by atoms with van der Waals surface area (Å²) in [4.78, 5) is 22.7. The maximum atomic E-state index is 13.1. The molecule has 1 heterocycles. The molecule has 1 fully saturated rings. The summed E-state index contributed by atoms with van der Waals surface area (Å²) in [6.45, 7) is 0.389. The molecule has 1 aromatic rings. The number of carbonyl (C=O) groups is 2. The van der Waals surface area contributed by atoms with E-state index in [1.807, 2.05) is 0 Å². The van der Waals surface area contributed by atoms with Crippen LogP contribution in [0.4, 0.5) is 10.1 Å². The molecule has 0 saturated carbocycles. The van der Waals surface area contributed by atoms with Crippen LogP contribution in [0.3, 0.4) is 0 Å². The molecule has 1 aromatic carbocycles. The number of halogens is 1. The molecule has 90 valence electrons. The van der Waals surface area contributed by atoms with E-state index < -0.39 is 11.7 Å². The fourth-order valence-corrected chi connectivity index (χ4v) is 1.71. The number of nitrogen functional groups attached to an aromatic ring is 1. The molecule has 2 amide bonds. The molecule has 6 heteroatoms. The van der Waals surface area contributed by atoms with Gasteiger partial charge in [0.25, 0.3) is 5.91 Å². The van der Waals surface area contributed by atoms with Crippen molar-refractivity contribution in [2.75, 3.05) is 12.3 Å². The predicted molar refractivity (Wildman–Crippen MR) is 59.7 cm³/mol. The summed E-state index contributed by atoms with van der Waals surface area (Å²) < 4.78 is 13.1. The van der Waals surface area contributed by atoms with Crippen molar-refractivity contribution < 1.29 is 14.0 Å². The van der Waals surface area contributed by atoms with Gasteiger partial charge in [-0.25, -0.2) is 4.39 Å². The number of hydrogen-bond donors (Lipinski definition) is 3. The standard InChI is InChI=1S/C11H12FN3O2/c12-8-3-1-2-7(10(8)13)11(17)15-6-4-9(16)14-5-6/h1-3,6H,4-5,13H2,(H,14,16)(H,15,17). The van der Waals surface area contributed by atoms with Crippen LogP contribution < -0.4 is 16.4 Å². The van der Waals surface area contributed by atoms with Crippen LogP contribution in [0.5, 0.6) is 0 Å². The van der Waals surface area contributed by atoms with E-state index in [1.165, 1.54) is 18.2 Å². The second-order valence-electron chi connectivity index (χ2n) is 3.88. The molecule has 4 N–H and O–H groups in total. The Kier molecular flexibility index (Phi) is 2.95. The number of hydrogen-bond acceptors (Lipinski definition) is 3. The van der Waals surface area contributed by atoms with Crippen LogP contribution in [-0.2, 0) is 4.79 Å². The lowest BCUT2D eigenvalue weighted by atomic mass is 10.1. The normalized spacial score (nSPS) is 18.9. The molecule has 0 radical (unpaired) electrons. The third-order valence-electron chi connectivity index (χ3n) is 2.61. The van der Waals surface area contributed by atoms with Crippen molar-refractivity contribution >= 4 is 17.5 Å². The third kappa shape index (κ3) is 2.35. The van der Waals surface area contributed by atoms with E-state index in [4.69, 9.17) is 5.73 Å². The first kappa shape index (κ1) is 11.4. The molecular formula is C11H12FN3O2. The first-order chi connectivity index (χ1) is 8.08. The highest BCUT2D eigenvalue weighted by Gasteiger charge is 2.24. The Bertz CT molecular complexity index is 476. The molecular weight excluding hydrogens is 225 g/mol. The number of carbonyl (C=O) groups excluding carboxylic acids is 2. The molecule has 0 bridgehead atoms. The highest BCUT2D eigenvalue weighted by molar-refractivity contribution is 5.99. The molecule has 0 spiro atoms. The highest BCUT2D eigenvalue weighted by atomic mass is 19.1. The maximum Gasteiger partial charge on any atom is 0.253 e. The number of benzene rings is 1. The topological polar surface area (TPSA) is 84.2 Å². The summed E-state index contributed by atoms with van der Waals surface area (Å²) in [5, 5.41) is 5.22. The number of nitrogens with one attached hydrogen (secondary N) is 2. The molecule has 1 aliphatic heterocycles. The summed E-state index contributed by atoms with van der Waals surface area (Å²) in [6.07, 6.45) is 0.237. The van der Waals surface area contributed by atoms with Crippen molar-refractivity contribution in [3.8, 4) is 0 Å². The summed E-state index contributed by atoms with van der Waals surface area (Å²) >= 11 is 0. The zero-order valence-electron chi connectivity index (χ0n) is 9.00. The Morgan fingerprint density at radius 1 is 1.53 bits per heavy atom. The van der Waals surface area contributed by atoms with Crippen molar-refractivity contribution in [3.05, 3.63) is 29.6 Å². The molecule has 1 aliphatic rings. The van der Waals surface area contributed by atoms with Gasteiger partial charge in [0.15, 0.2) is 0 Å². The van der Waals surface area contributed by atoms with Gasteiger partial charge in [0.2, 0.25) is 5.91 Å². The summed E-state index contributed by atoms with van der Waals surface area (Å²) in [6, 6.07) is 3.78. The molecule has 17 heavy (non-hydrogen) atoms. The van der Waals surface area contributed by atoms with E-state index in [1.54, 1.807) is 0 Å². The van der Waals surface area contributed by atoms with Gasteiger partial charge in [-0.05, 0) is 12.1 Å². The van der Waals surface area contributed by atoms with Gasteiger partial charge < -0.3 is 16.4 Å². The van der Waals surface area contributed by atoms with Crippen molar-refractivity contribution in [2.45, 2.75) is 12.5 Å². The fraction of sp³-hybridized carbons (Fsp3) is 0.273. The monoisotopic (exact) mass is 237 g/mol. The minimum atomic E-state index is -0.627. The third-order valence-corrected chi connectivity index (χ3v) is 2.61. The van der Waals surface area contributed by atoms with Crippen LogP contribution in [0.15, 0.2) is 18.2 Å². The minimum absolute atomic E-state index is 0.0874. The lowest BCUT2D eigenvalue weighted by molar-refractivity contribution is -0.119. The molecule has 0 aliphatic carbocycles. The maximum absolute atomic E-state index is 13.1. The number of amides is 2. The quantitative estimate of drug-likeness (QED) is 0.634. The van der Waals surface area contributed by atoms with E-state index in [9.17, 15) is 14.0 Å². The van der Waals surface area contributed by atoms with Crippen LogP contribution in [0, 0.1) is 5.82 Å². The summed E-state index contributed by atoms with van der Waals surface area (Å²) in [5.41, 5.74) is 5.38. The second kappa shape index (κ2) is 4.40. The molecule has 1 unspecified atom stereocenters. The van der Waals surface area contributed by atoms with Gasteiger partial charge in [0.1, 0.15) is 5.82 Å². The average molecular weight is 237 g/mol. The summed E-state index contributed by atoms with van der Waals surface area (Å²) in [5.74, 6) is -1.20.